The Morgan fingerprint density at radius 3 is 2.57 bits per heavy atom. The van der Waals surface area contributed by atoms with Crippen LogP contribution in [0.1, 0.15) is 15.9 Å². The standard InChI is InChI=1S/C15H13NO4S/c1-20-15(17)12-7-3-2-6-11(12)10-21-14-9-5-4-8-13(14)16(18)19/h2-9H,10H2,1H3. The van der Waals surface area contributed by atoms with Gasteiger partial charge in [-0.15, -0.1) is 11.8 Å². The summed E-state index contributed by atoms with van der Waals surface area (Å²) in [6, 6.07) is 13.6. The first-order chi connectivity index (χ1) is 10.1. The number of nitro groups is 1. The minimum Gasteiger partial charge on any atom is -0.465 e. The van der Waals surface area contributed by atoms with Gasteiger partial charge in [-0.3, -0.25) is 10.1 Å². The zero-order valence-electron chi connectivity index (χ0n) is 11.3. The number of hydrogen-bond donors (Lipinski definition) is 0. The van der Waals surface area contributed by atoms with Gasteiger partial charge < -0.3 is 4.74 Å². The van der Waals surface area contributed by atoms with Gasteiger partial charge in [0.25, 0.3) is 5.69 Å². The van der Waals surface area contributed by atoms with Crippen LogP contribution in [0.2, 0.25) is 0 Å². The average Bonchev–Trinajstić information content (AvgIpc) is 2.52. The smallest absolute Gasteiger partial charge is 0.338 e. The molecule has 108 valence electrons. The van der Waals surface area contributed by atoms with Crippen LogP contribution in [0.4, 0.5) is 5.69 Å². The van der Waals surface area contributed by atoms with E-state index in [0.717, 1.165) is 5.56 Å². The van der Waals surface area contributed by atoms with Gasteiger partial charge in [0.05, 0.1) is 22.5 Å². The quantitative estimate of drug-likeness (QED) is 0.365. The molecule has 0 spiro atoms. The highest BCUT2D eigenvalue weighted by Crippen LogP contribution is 2.31. The maximum atomic E-state index is 11.7. The molecule has 0 heterocycles. The molecule has 2 rings (SSSR count). The summed E-state index contributed by atoms with van der Waals surface area (Å²) in [4.78, 5) is 22.8. The van der Waals surface area contributed by atoms with Gasteiger partial charge in [-0.1, -0.05) is 30.3 Å². The highest BCUT2D eigenvalue weighted by atomic mass is 32.2. The summed E-state index contributed by atoms with van der Waals surface area (Å²) >= 11 is 1.32. The molecule has 0 N–H and O–H groups in total. The van der Waals surface area contributed by atoms with Gasteiger partial charge in [0.2, 0.25) is 0 Å². The Balaban J connectivity index is 2.21. The number of para-hydroxylation sites is 1. The van der Waals surface area contributed by atoms with E-state index in [1.807, 2.05) is 12.1 Å². The minimum atomic E-state index is -0.409. The number of methoxy groups -OCH3 is 1. The highest BCUT2D eigenvalue weighted by molar-refractivity contribution is 7.98. The Morgan fingerprint density at radius 2 is 1.86 bits per heavy atom. The molecule has 0 aliphatic carbocycles. The summed E-state index contributed by atoms with van der Waals surface area (Å²) < 4.78 is 4.73. The lowest BCUT2D eigenvalue weighted by Crippen LogP contribution is -2.04. The molecule has 2 aromatic carbocycles. The van der Waals surface area contributed by atoms with E-state index in [0.29, 0.717) is 16.2 Å². The third-order valence-corrected chi connectivity index (χ3v) is 3.98. The molecule has 21 heavy (non-hydrogen) atoms. The second-order valence-corrected chi connectivity index (χ2v) is 5.18. The first kappa shape index (κ1) is 15.1. The Labute approximate surface area is 126 Å². The van der Waals surface area contributed by atoms with Gasteiger partial charge in [-0.2, -0.15) is 0 Å². The highest BCUT2D eigenvalue weighted by Gasteiger charge is 2.15. The Morgan fingerprint density at radius 1 is 1.19 bits per heavy atom. The molecule has 0 unspecified atom stereocenters. The number of nitrogens with zero attached hydrogens (tertiary/aromatic N) is 1. The van der Waals surface area contributed by atoms with Crippen LogP contribution < -0.4 is 0 Å². The largest absolute Gasteiger partial charge is 0.465 e. The molecular formula is C15H13NO4S. The maximum Gasteiger partial charge on any atom is 0.338 e. The lowest BCUT2D eigenvalue weighted by molar-refractivity contribution is -0.387. The molecule has 0 bridgehead atoms. The molecule has 2 aromatic rings. The first-order valence-corrected chi connectivity index (χ1v) is 7.14. The van der Waals surface area contributed by atoms with Gasteiger partial charge in [-0.05, 0) is 17.7 Å². The van der Waals surface area contributed by atoms with Crippen molar-refractivity contribution in [2.75, 3.05) is 7.11 Å². The first-order valence-electron chi connectivity index (χ1n) is 6.16. The van der Waals surface area contributed by atoms with Crippen LogP contribution in [-0.4, -0.2) is 18.0 Å². The van der Waals surface area contributed by atoms with Crippen LogP contribution in [-0.2, 0) is 10.5 Å². The van der Waals surface area contributed by atoms with Gasteiger partial charge in [0, 0.05) is 11.8 Å². The number of carbonyl (C=O) groups excluding carboxylic acids is 1. The minimum absolute atomic E-state index is 0.0676. The summed E-state index contributed by atoms with van der Waals surface area (Å²) in [7, 11) is 1.33. The van der Waals surface area contributed by atoms with Gasteiger partial charge in [-0.25, -0.2) is 4.79 Å². The number of nitro benzene ring substituents is 1. The van der Waals surface area contributed by atoms with Crippen molar-refractivity contribution in [2.45, 2.75) is 10.6 Å². The fourth-order valence-corrected chi connectivity index (χ4v) is 2.87. The van der Waals surface area contributed by atoms with Crippen molar-refractivity contribution >= 4 is 23.4 Å². The van der Waals surface area contributed by atoms with Gasteiger partial charge in [0.15, 0.2) is 0 Å². The van der Waals surface area contributed by atoms with Crippen molar-refractivity contribution in [1.29, 1.82) is 0 Å². The van der Waals surface area contributed by atoms with E-state index in [1.54, 1.807) is 30.3 Å². The van der Waals surface area contributed by atoms with E-state index in [1.165, 1.54) is 24.9 Å². The number of ether oxygens (including phenoxy) is 1. The molecule has 0 saturated heterocycles. The number of carbonyl (C=O) groups is 1. The van der Waals surface area contributed by atoms with Crippen molar-refractivity contribution in [3.05, 3.63) is 69.8 Å². The van der Waals surface area contributed by atoms with Crippen molar-refractivity contribution in [1.82, 2.24) is 0 Å². The zero-order valence-corrected chi connectivity index (χ0v) is 12.1. The van der Waals surface area contributed by atoms with Crippen LogP contribution in [0.15, 0.2) is 53.4 Å². The summed E-state index contributed by atoms with van der Waals surface area (Å²) in [5.74, 6) is 0.0459. The fourth-order valence-electron chi connectivity index (χ4n) is 1.84. The Kier molecular flexibility index (Phi) is 4.94. The van der Waals surface area contributed by atoms with E-state index >= 15 is 0 Å². The molecule has 0 aliphatic rings. The summed E-state index contributed by atoms with van der Waals surface area (Å²) in [5, 5.41) is 11.0. The Bertz CT molecular complexity index is 672. The van der Waals surface area contributed by atoms with Crippen molar-refractivity contribution < 1.29 is 14.5 Å². The summed E-state index contributed by atoms with van der Waals surface area (Å²) in [5.41, 5.74) is 1.33. The summed E-state index contributed by atoms with van der Waals surface area (Å²) in [6.07, 6.45) is 0. The van der Waals surface area contributed by atoms with E-state index < -0.39 is 10.9 Å². The van der Waals surface area contributed by atoms with Crippen LogP contribution >= 0.6 is 11.8 Å². The molecule has 0 atom stereocenters. The summed E-state index contributed by atoms with van der Waals surface area (Å²) in [6.45, 7) is 0. The number of benzene rings is 2. The lowest BCUT2D eigenvalue weighted by atomic mass is 10.1. The normalized spacial score (nSPS) is 10.1. The number of hydrogen-bond acceptors (Lipinski definition) is 5. The molecule has 0 aliphatic heterocycles. The molecule has 0 saturated carbocycles. The fraction of sp³-hybridized carbons (Fsp3) is 0.133. The molecule has 0 fully saturated rings. The van der Waals surface area contributed by atoms with E-state index in [9.17, 15) is 14.9 Å². The number of esters is 1. The monoisotopic (exact) mass is 303 g/mol. The van der Waals surface area contributed by atoms with Gasteiger partial charge >= 0.3 is 5.97 Å². The molecule has 5 nitrogen and oxygen atoms in total. The second kappa shape index (κ2) is 6.90. The van der Waals surface area contributed by atoms with Crippen LogP contribution in [0, 0.1) is 10.1 Å². The topological polar surface area (TPSA) is 69.4 Å². The van der Waals surface area contributed by atoms with E-state index in [-0.39, 0.29) is 5.69 Å². The maximum absolute atomic E-state index is 11.7. The SMILES string of the molecule is COC(=O)c1ccccc1CSc1ccccc1[N+](=O)[O-]. The third-order valence-electron chi connectivity index (χ3n) is 2.87. The van der Waals surface area contributed by atoms with Crippen LogP contribution in [0.5, 0.6) is 0 Å². The molecule has 6 heteroatoms. The predicted molar refractivity (Wildman–Crippen MR) is 80.4 cm³/mol. The second-order valence-electron chi connectivity index (χ2n) is 4.16. The van der Waals surface area contributed by atoms with Crippen LogP contribution in [0.25, 0.3) is 0 Å². The van der Waals surface area contributed by atoms with Crippen molar-refractivity contribution in [3.8, 4) is 0 Å². The predicted octanol–water partition coefficient (Wildman–Crippen LogP) is 3.67. The number of rotatable bonds is 5. The zero-order chi connectivity index (χ0) is 15.2. The van der Waals surface area contributed by atoms with Gasteiger partial charge in [0.1, 0.15) is 0 Å². The molecule has 0 radical (unpaired) electrons. The lowest BCUT2D eigenvalue weighted by Gasteiger charge is -2.07. The Hall–Kier alpha value is -2.34. The third kappa shape index (κ3) is 3.61. The van der Waals surface area contributed by atoms with E-state index in [4.69, 9.17) is 4.74 Å². The molecule has 0 amide bonds. The van der Waals surface area contributed by atoms with E-state index in [2.05, 4.69) is 0 Å². The number of thioether (sulfide) groups is 1. The van der Waals surface area contributed by atoms with Crippen molar-refractivity contribution in [2.24, 2.45) is 0 Å². The van der Waals surface area contributed by atoms with Crippen molar-refractivity contribution in [3.63, 3.8) is 0 Å². The average molecular weight is 303 g/mol. The van der Waals surface area contributed by atoms with Crippen LogP contribution in [0.3, 0.4) is 0 Å². The molecular weight excluding hydrogens is 290 g/mol. The molecule has 0 aromatic heterocycles.